The smallest absolute Gasteiger partial charge is 0.341 e. The average Bonchev–Trinajstić information content (AvgIpc) is 3.38. The van der Waals surface area contributed by atoms with Crippen molar-refractivity contribution in [3.63, 3.8) is 0 Å². The summed E-state index contributed by atoms with van der Waals surface area (Å²) >= 11 is 0. The van der Waals surface area contributed by atoms with Gasteiger partial charge in [-0.3, -0.25) is 4.79 Å². The van der Waals surface area contributed by atoms with Crippen LogP contribution in [0.5, 0.6) is 0 Å². The Labute approximate surface area is 233 Å². The molecule has 0 spiro atoms. The highest BCUT2D eigenvalue weighted by molar-refractivity contribution is 7.89. The number of nitrogens with zero attached hydrogens (tertiary/aromatic N) is 2. The number of hydrogen-bond donors (Lipinski definition) is 2. The van der Waals surface area contributed by atoms with Gasteiger partial charge < -0.3 is 15.1 Å². The van der Waals surface area contributed by atoms with Crippen LogP contribution in [0.2, 0.25) is 0 Å². The van der Waals surface area contributed by atoms with Crippen LogP contribution in [0.1, 0.15) is 52.0 Å². The molecule has 2 N–H and O–H groups in total. The van der Waals surface area contributed by atoms with E-state index in [0.717, 1.165) is 12.1 Å². The summed E-state index contributed by atoms with van der Waals surface area (Å²) in [4.78, 5) is 28.2. The molecule has 8 nitrogen and oxygen atoms in total. The van der Waals surface area contributed by atoms with E-state index in [1.165, 1.54) is 6.07 Å². The minimum atomic E-state index is -4.88. The molecule has 2 aliphatic rings. The first-order valence-corrected chi connectivity index (χ1v) is 14.8. The largest absolute Gasteiger partial charge is 0.417 e. The fraction of sp³-hybridized carbons (Fsp3) is 0.500. The Balaban J connectivity index is 1.43. The van der Waals surface area contributed by atoms with Crippen LogP contribution in [0, 0.1) is 0 Å². The first-order chi connectivity index (χ1) is 18.7. The van der Waals surface area contributed by atoms with Crippen molar-refractivity contribution in [3.05, 3.63) is 54.1 Å². The van der Waals surface area contributed by atoms with Gasteiger partial charge >= 0.3 is 12.2 Å². The normalized spacial score (nSPS) is 19.1. The fourth-order valence-corrected chi connectivity index (χ4v) is 6.68. The minimum absolute atomic E-state index is 0.196. The number of alkyl halides is 3. The predicted molar refractivity (Wildman–Crippen MR) is 145 cm³/mol. The highest BCUT2D eigenvalue weighted by atomic mass is 32.2. The van der Waals surface area contributed by atoms with Crippen LogP contribution in [-0.2, 0) is 21.0 Å². The highest BCUT2D eigenvalue weighted by Gasteiger charge is 2.40. The number of benzene rings is 2. The maximum atomic E-state index is 14.0. The second-order valence-corrected chi connectivity index (χ2v) is 13.0. The quantitative estimate of drug-likeness (QED) is 0.540. The Bertz CT molecular complexity index is 1340. The van der Waals surface area contributed by atoms with Crippen LogP contribution < -0.4 is 10.0 Å². The van der Waals surface area contributed by atoms with Gasteiger partial charge in [-0.15, -0.1) is 0 Å². The van der Waals surface area contributed by atoms with Crippen molar-refractivity contribution >= 4 is 22.0 Å². The molecule has 40 heavy (non-hydrogen) atoms. The van der Waals surface area contributed by atoms with Gasteiger partial charge in [0.15, 0.2) is 0 Å². The number of urea groups is 1. The van der Waals surface area contributed by atoms with E-state index in [-0.39, 0.29) is 43.4 Å². The van der Waals surface area contributed by atoms with E-state index < -0.39 is 44.3 Å². The van der Waals surface area contributed by atoms with E-state index in [1.807, 2.05) is 20.8 Å². The van der Waals surface area contributed by atoms with E-state index in [9.17, 15) is 31.2 Å². The molecule has 2 aliphatic heterocycles. The summed E-state index contributed by atoms with van der Waals surface area (Å²) in [5, 5.41) is 2.88. The molecule has 0 aliphatic carbocycles. The SMILES string of the molecule is CC(C)(C)NC(=O)N1CCC[C@H]1C(=O)N1CCC(NS(=O)(=O)c2ccc(-c3ccccc3)cc2C(F)(F)F)CC1. The van der Waals surface area contributed by atoms with Crippen LogP contribution in [-0.4, -0.2) is 67.4 Å². The molecule has 2 saturated heterocycles. The molecule has 2 aromatic rings. The van der Waals surface area contributed by atoms with Gasteiger partial charge in [-0.25, -0.2) is 17.9 Å². The van der Waals surface area contributed by atoms with Gasteiger partial charge in [0, 0.05) is 31.2 Å². The monoisotopic (exact) mass is 580 g/mol. The standard InChI is InChI=1S/C28H35F3N4O4S/c1-27(2,3)32-26(37)35-15-7-10-23(35)25(36)34-16-13-21(14-17-34)33-40(38,39)24-12-11-20(18-22(24)28(29,30)31)19-8-5-4-6-9-19/h4-6,8-9,11-12,18,21,23,33H,7,10,13-17H2,1-3H3,(H,32,37)/t23-/m0/s1. The van der Waals surface area contributed by atoms with E-state index in [0.29, 0.717) is 24.9 Å². The number of sulfonamides is 1. The fourth-order valence-electron chi connectivity index (χ4n) is 5.17. The topological polar surface area (TPSA) is 98.8 Å². The molecule has 0 bridgehead atoms. The number of amides is 3. The lowest BCUT2D eigenvalue weighted by Gasteiger charge is -2.36. The number of carbonyl (C=O) groups is 2. The summed E-state index contributed by atoms with van der Waals surface area (Å²) in [6.07, 6.45) is -3.14. The summed E-state index contributed by atoms with van der Waals surface area (Å²) in [6.45, 7) is 6.52. The molecule has 2 heterocycles. The zero-order valence-corrected chi connectivity index (χ0v) is 23.6. The first kappa shape index (κ1) is 29.9. The molecule has 0 aromatic heterocycles. The van der Waals surface area contributed by atoms with E-state index in [4.69, 9.17) is 0 Å². The highest BCUT2D eigenvalue weighted by Crippen LogP contribution is 2.37. The molecule has 0 saturated carbocycles. The third-order valence-corrected chi connectivity index (χ3v) is 8.67. The lowest BCUT2D eigenvalue weighted by molar-refractivity contribution is -0.140. The molecule has 1 atom stereocenters. The van der Waals surface area contributed by atoms with Crippen molar-refractivity contribution < 1.29 is 31.2 Å². The summed E-state index contributed by atoms with van der Waals surface area (Å²) in [6, 6.07) is 10.1. The summed E-state index contributed by atoms with van der Waals surface area (Å²) in [5.41, 5.74) is -0.880. The zero-order chi connectivity index (χ0) is 29.3. The third-order valence-electron chi connectivity index (χ3n) is 7.09. The van der Waals surface area contributed by atoms with Crippen molar-refractivity contribution in [1.82, 2.24) is 19.8 Å². The number of nitrogens with one attached hydrogen (secondary N) is 2. The number of likely N-dealkylation sites (tertiary alicyclic amines) is 2. The van der Waals surface area contributed by atoms with Crippen LogP contribution in [0.25, 0.3) is 11.1 Å². The van der Waals surface area contributed by atoms with Gasteiger partial charge in [0.05, 0.1) is 10.5 Å². The molecule has 12 heteroatoms. The van der Waals surface area contributed by atoms with Gasteiger partial charge in [0.1, 0.15) is 6.04 Å². The maximum Gasteiger partial charge on any atom is 0.417 e. The molecule has 218 valence electrons. The number of piperidine rings is 1. The number of carbonyl (C=O) groups excluding carboxylic acids is 2. The van der Waals surface area contributed by atoms with Crippen LogP contribution >= 0.6 is 0 Å². The van der Waals surface area contributed by atoms with E-state index in [2.05, 4.69) is 10.0 Å². The maximum absolute atomic E-state index is 14.0. The molecule has 4 rings (SSSR count). The van der Waals surface area contributed by atoms with E-state index in [1.54, 1.807) is 40.1 Å². The lowest BCUT2D eigenvalue weighted by atomic mass is 10.0. The van der Waals surface area contributed by atoms with Crippen molar-refractivity contribution in [3.8, 4) is 11.1 Å². The number of rotatable bonds is 5. The van der Waals surface area contributed by atoms with E-state index >= 15 is 0 Å². The number of halogens is 3. The van der Waals surface area contributed by atoms with Gasteiger partial charge in [0.25, 0.3) is 0 Å². The molecule has 0 unspecified atom stereocenters. The Hall–Kier alpha value is -3.12. The molecule has 0 radical (unpaired) electrons. The Morgan fingerprint density at radius 1 is 0.900 bits per heavy atom. The Morgan fingerprint density at radius 2 is 1.55 bits per heavy atom. The van der Waals surface area contributed by atoms with Gasteiger partial charge in [0.2, 0.25) is 15.9 Å². The molecule has 2 aromatic carbocycles. The predicted octanol–water partition coefficient (Wildman–Crippen LogP) is 4.61. The van der Waals surface area contributed by atoms with Crippen LogP contribution in [0.3, 0.4) is 0 Å². The molecule has 2 fully saturated rings. The Kier molecular flexibility index (Phi) is 8.51. The molecular formula is C28H35F3N4O4S. The lowest BCUT2D eigenvalue weighted by Crippen LogP contribution is -2.56. The van der Waals surface area contributed by atoms with Crippen molar-refractivity contribution in [1.29, 1.82) is 0 Å². The summed E-state index contributed by atoms with van der Waals surface area (Å²) in [5.74, 6) is -0.196. The molecule has 3 amide bonds. The average molecular weight is 581 g/mol. The van der Waals surface area contributed by atoms with Crippen molar-refractivity contribution in [2.75, 3.05) is 19.6 Å². The van der Waals surface area contributed by atoms with Crippen molar-refractivity contribution in [2.45, 2.75) is 75.1 Å². The molecular weight excluding hydrogens is 545 g/mol. The number of hydrogen-bond acceptors (Lipinski definition) is 4. The van der Waals surface area contributed by atoms with Crippen LogP contribution in [0.15, 0.2) is 53.4 Å². The van der Waals surface area contributed by atoms with Crippen molar-refractivity contribution in [2.24, 2.45) is 0 Å². The first-order valence-electron chi connectivity index (χ1n) is 13.3. The van der Waals surface area contributed by atoms with Crippen LogP contribution in [0.4, 0.5) is 18.0 Å². The second-order valence-electron chi connectivity index (χ2n) is 11.3. The van der Waals surface area contributed by atoms with Gasteiger partial charge in [-0.05, 0) is 69.7 Å². The second kappa shape index (κ2) is 11.4. The minimum Gasteiger partial charge on any atom is -0.341 e. The van der Waals surface area contributed by atoms with Gasteiger partial charge in [-0.1, -0.05) is 36.4 Å². The summed E-state index contributed by atoms with van der Waals surface area (Å²) < 4.78 is 70.5. The third kappa shape index (κ3) is 6.95. The zero-order valence-electron chi connectivity index (χ0n) is 22.8. The Morgan fingerprint density at radius 3 is 2.15 bits per heavy atom. The summed E-state index contributed by atoms with van der Waals surface area (Å²) in [7, 11) is -4.50. The van der Waals surface area contributed by atoms with Gasteiger partial charge in [-0.2, -0.15) is 13.2 Å².